The summed E-state index contributed by atoms with van der Waals surface area (Å²) in [7, 11) is 0. The van der Waals surface area contributed by atoms with Crippen LogP contribution in [-0.4, -0.2) is 11.8 Å². The number of carbonyl (C=O) groups excluding carboxylic acids is 2. The van der Waals surface area contributed by atoms with Crippen LogP contribution in [0.3, 0.4) is 0 Å². The maximum Gasteiger partial charge on any atom is 0.223 e. The quantitative estimate of drug-likeness (QED) is 0.866. The Balaban J connectivity index is 2.12. The van der Waals surface area contributed by atoms with E-state index < -0.39 is 17.7 Å². The molecule has 1 aromatic rings. The van der Waals surface area contributed by atoms with E-state index in [1.54, 1.807) is 0 Å². The van der Waals surface area contributed by atoms with Gasteiger partial charge in [-0.3, -0.25) is 9.59 Å². The Labute approximate surface area is 140 Å². The molecule has 132 valence electrons. The van der Waals surface area contributed by atoms with Crippen molar-refractivity contribution >= 4 is 11.8 Å². The lowest BCUT2D eigenvalue weighted by Crippen LogP contribution is -2.40. The Bertz CT molecular complexity index is 619. The van der Waals surface area contributed by atoms with Crippen molar-refractivity contribution in [3.05, 3.63) is 35.4 Å². The zero-order valence-electron chi connectivity index (χ0n) is 14.0. The number of nitrogens with one attached hydrogen (secondary N) is 1. The first-order chi connectivity index (χ1) is 11.3. The van der Waals surface area contributed by atoms with Gasteiger partial charge in [-0.1, -0.05) is 26.3 Å². The number of primary amides is 1. The van der Waals surface area contributed by atoms with Gasteiger partial charge in [-0.05, 0) is 31.2 Å². The average molecular weight is 338 g/mol. The van der Waals surface area contributed by atoms with Crippen LogP contribution >= 0.6 is 0 Å². The highest BCUT2D eigenvalue weighted by molar-refractivity contribution is 5.82. The molecule has 3 N–H and O–H groups in total. The van der Waals surface area contributed by atoms with Crippen molar-refractivity contribution in [3.8, 4) is 0 Å². The van der Waals surface area contributed by atoms with E-state index in [4.69, 9.17) is 5.73 Å². The molecule has 0 bridgehead atoms. The van der Waals surface area contributed by atoms with Gasteiger partial charge < -0.3 is 11.1 Å². The topological polar surface area (TPSA) is 72.2 Å². The molecule has 0 radical (unpaired) electrons. The zero-order valence-corrected chi connectivity index (χ0v) is 14.0. The smallest absolute Gasteiger partial charge is 0.223 e. The Morgan fingerprint density at radius 2 is 1.88 bits per heavy atom. The fourth-order valence-electron chi connectivity index (χ4n) is 3.31. The Kier molecular flexibility index (Phi) is 5.91. The van der Waals surface area contributed by atoms with Crippen LogP contribution in [0.2, 0.25) is 0 Å². The highest BCUT2D eigenvalue weighted by Crippen LogP contribution is 2.31. The van der Waals surface area contributed by atoms with E-state index in [1.807, 2.05) is 13.8 Å². The van der Waals surface area contributed by atoms with Gasteiger partial charge in [-0.15, -0.1) is 0 Å². The summed E-state index contributed by atoms with van der Waals surface area (Å²) in [6, 6.07) is 2.82. The normalized spacial score (nSPS) is 22.2. The molecule has 6 heteroatoms. The molecule has 3 unspecified atom stereocenters. The minimum Gasteiger partial charge on any atom is -0.369 e. The van der Waals surface area contributed by atoms with Gasteiger partial charge >= 0.3 is 0 Å². The lowest BCUT2D eigenvalue weighted by Gasteiger charge is -2.30. The monoisotopic (exact) mass is 338 g/mol. The Morgan fingerprint density at radius 1 is 1.21 bits per heavy atom. The molecule has 2 amide bonds. The van der Waals surface area contributed by atoms with Crippen molar-refractivity contribution in [2.24, 2.45) is 23.5 Å². The summed E-state index contributed by atoms with van der Waals surface area (Å²) in [5, 5.41) is 2.87. The summed E-state index contributed by atoms with van der Waals surface area (Å²) in [6.45, 7) is 3.72. The highest BCUT2D eigenvalue weighted by Gasteiger charge is 2.32. The lowest BCUT2D eigenvalue weighted by molar-refractivity contribution is -0.129. The molecule has 0 heterocycles. The van der Waals surface area contributed by atoms with E-state index in [0.717, 1.165) is 12.5 Å². The second kappa shape index (κ2) is 7.73. The summed E-state index contributed by atoms with van der Waals surface area (Å²) in [6.07, 6.45) is 2.59. The van der Waals surface area contributed by atoms with Gasteiger partial charge in [0, 0.05) is 23.5 Å². The molecule has 1 saturated carbocycles. The first-order valence-corrected chi connectivity index (χ1v) is 8.34. The molecule has 3 atom stereocenters. The van der Waals surface area contributed by atoms with Crippen molar-refractivity contribution < 1.29 is 18.4 Å². The van der Waals surface area contributed by atoms with Gasteiger partial charge in [-0.25, -0.2) is 8.78 Å². The van der Waals surface area contributed by atoms with Crippen LogP contribution in [0.4, 0.5) is 8.78 Å². The highest BCUT2D eigenvalue weighted by atomic mass is 19.1. The number of hydrogen-bond donors (Lipinski definition) is 2. The second-order valence-corrected chi connectivity index (χ2v) is 6.86. The van der Waals surface area contributed by atoms with Crippen molar-refractivity contribution in [2.45, 2.75) is 45.6 Å². The van der Waals surface area contributed by atoms with E-state index in [-0.39, 0.29) is 35.1 Å². The average Bonchev–Trinajstić information content (AvgIpc) is 2.53. The maximum absolute atomic E-state index is 14.1. The minimum absolute atomic E-state index is 0.0653. The van der Waals surface area contributed by atoms with Crippen LogP contribution in [0.15, 0.2) is 18.2 Å². The van der Waals surface area contributed by atoms with Crippen molar-refractivity contribution in [1.29, 1.82) is 0 Å². The fourth-order valence-corrected chi connectivity index (χ4v) is 3.31. The molecule has 0 saturated heterocycles. The van der Waals surface area contributed by atoms with Gasteiger partial charge in [0.1, 0.15) is 11.6 Å². The van der Waals surface area contributed by atoms with Crippen molar-refractivity contribution in [1.82, 2.24) is 5.32 Å². The number of amides is 2. The molecule has 1 aliphatic rings. The summed E-state index contributed by atoms with van der Waals surface area (Å²) < 4.78 is 27.2. The number of halogens is 2. The van der Waals surface area contributed by atoms with Crippen LogP contribution < -0.4 is 11.1 Å². The molecular formula is C18H24F2N2O2. The van der Waals surface area contributed by atoms with Gasteiger partial charge in [0.05, 0.1) is 6.04 Å². The molecule has 4 nitrogen and oxygen atoms in total. The third kappa shape index (κ3) is 4.30. The van der Waals surface area contributed by atoms with Crippen LogP contribution in [0, 0.1) is 29.4 Å². The van der Waals surface area contributed by atoms with Crippen LogP contribution in [-0.2, 0) is 9.59 Å². The standard InChI is InChI=1S/C18H24F2N2O2/c1-10(2)16(14-7-6-13(19)9-15(14)20)22-18(24)12-5-3-4-11(8-12)17(21)23/h6-7,9-12,16H,3-5,8H2,1-2H3,(H2,21,23)(H,22,24). The lowest BCUT2D eigenvalue weighted by atomic mass is 9.80. The van der Waals surface area contributed by atoms with Crippen LogP contribution in [0.5, 0.6) is 0 Å². The molecular weight excluding hydrogens is 314 g/mol. The van der Waals surface area contributed by atoms with Crippen LogP contribution in [0.1, 0.15) is 51.1 Å². The summed E-state index contributed by atoms with van der Waals surface area (Å²) in [5.41, 5.74) is 5.61. The first-order valence-electron chi connectivity index (χ1n) is 8.34. The molecule has 0 aliphatic heterocycles. The van der Waals surface area contributed by atoms with E-state index in [9.17, 15) is 18.4 Å². The number of nitrogens with two attached hydrogens (primary N) is 1. The van der Waals surface area contributed by atoms with Crippen molar-refractivity contribution in [2.75, 3.05) is 0 Å². The van der Waals surface area contributed by atoms with E-state index in [2.05, 4.69) is 5.32 Å². The number of hydrogen-bond acceptors (Lipinski definition) is 2. The molecule has 0 spiro atoms. The summed E-state index contributed by atoms with van der Waals surface area (Å²) >= 11 is 0. The Morgan fingerprint density at radius 3 is 2.46 bits per heavy atom. The number of carbonyl (C=O) groups is 2. The predicted octanol–water partition coefficient (Wildman–Crippen LogP) is 3.07. The number of rotatable bonds is 5. The largest absolute Gasteiger partial charge is 0.369 e. The minimum atomic E-state index is -0.673. The molecule has 2 rings (SSSR count). The first kappa shape index (κ1) is 18.4. The Hall–Kier alpha value is -1.98. The van der Waals surface area contributed by atoms with Gasteiger partial charge in [-0.2, -0.15) is 0 Å². The van der Waals surface area contributed by atoms with E-state index in [0.29, 0.717) is 19.3 Å². The SMILES string of the molecule is CC(C)C(NC(=O)C1CCCC(C(N)=O)C1)c1ccc(F)cc1F. The summed E-state index contributed by atoms with van der Waals surface area (Å²) in [4.78, 5) is 23.9. The van der Waals surface area contributed by atoms with Gasteiger partial charge in [0.2, 0.25) is 11.8 Å². The van der Waals surface area contributed by atoms with Crippen molar-refractivity contribution in [3.63, 3.8) is 0 Å². The molecule has 0 aromatic heterocycles. The van der Waals surface area contributed by atoms with Crippen LogP contribution in [0.25, 0.3) is 0 Å². The predicted molar refractivity (Wildman–Crippen MR) is 86.7 cm³/mol. The molecule has 1 fully saturated rings. The third-order valence-corrected chi connectivity index (χ3v) is 4.71. The second-order valence-electron chi connectivity index (χ2n) is 6.86. The maximum atomic E-state index is 14.1. The van der Waals surface area contributed by atoms with E-state index in [1.165, 1.54) is 12.1 Å². The molecule has 1 aliphatic carbocycles. The summed E-state index contributed by atoms with van der Waals surface area (Å²) in [5.74, 6) is -2.56. The molecule has 24 heavy (non-hydrogen) atoms. The zero-order chi connectivity index (χ0) is 17.9. The number of benzene rings is 1. The third-order valence-electron chi connectivity index (χ3n) is 4.71. The van der Waals surface area contributed by atoms with E-state index >= 15 is 0 Å². The van der Waals surface area contributed by atoms with Gasteiger partial charge in [0.15, 0.2) is 0 Å². The fraction of sp³-hybridized carbons (Fsp3) is 0.556. The van der Waals surface area contributed by atoms with Gasteiger partial charge in [0.25, 0.3) is 0 Å². The molecule has 1 aromatic carbocycles.